The zero-order chi connectivity index (χ0) is 16.8. The highest BCUT2D eigenvalue weighted by molar-refractivity contribution is 9.10. The molecule has 0 aliphatic rings. The molecule has 2 aromatic rings. The van der Waals surface area contributed by atoms with Crippen molar-refractivity contribution in [3.63, 3.8) is 0 Å². The van der Waals surface area contributed by atoms with Gasteiger partial charge in [0.15, 0.2) is 6.61 Å². The molecule has 4 nitrogen and oxygen atoms in total. The summed E-state index contributed by atoms with van der Waals surface area (Å²) in [6.07, 6.45) is 1.15. The van der Waals surface area contributed by atoms with Crippen molar-refractivity contribution >= 4 is 39.7 Å². The third kappa shape index (κ3) is 5.04. The van der Waals surface area contributed by atoms with Gasteiger partial charge in [-0.2, -0.15) is 5.10 Å². The molecule has 0 fully saturated rings. The van der Waals surface area contributed by atoms with Crippen molar-refractivity contribution in [2.75, 3.05) is 6.61 Å². The molecule has 0 aliphatic heterocycles. The maximum absolute atomic E-state index is 13.5. The lowest BCUT2D eigenvalue weighted by molar-refractivity contribution is -0.123. The summed E-state index contributed by atoms with van der Waals surface area (Å²) in [5.74, 6) is -0.409. The Morgan fingerprint density at radius 2 is 2.22 bits per heavy atom. The first kappa shape index (κ1) is 17.4. The van der Waals surface area contributed by atoms with Crippen molar-refractivity contribution in [1.82, 2.24) is 5.43 Å². The van der Waals surface area contributed by atoms with E-state index in [0.717, 1.165) is 16.3 Å². The van der Waals surface area contributed by atoms with Crippen LogP contribution in [0.25, 0.3) is 0 Å². The Hall–Kier alpha value is -1.92. The van der Waals surface area contributed by atoms with E-state index in [4.69, 9.17) is 16.3 Å². The minimum Gasteiger partial charge on any atom is -0.484 e. The normalized spacial score (nSPS) is 10.8. The quantitative estimate of drug-likeness (QED) is 0.608. The highest BCUT2D eigenvalue weighted by Crippen LogP contribution is 2.21. The van der Waals surface area contributed by atoms with Crippen LogP contribution in [0.15, 0.2) is 46.0 Å². The zero-order valence-corrected chi connectivity index (χ0v) is 14.5. The number of carbonyl (C=O) groups excluding carboxylic acids is 1. The van der Waals surface area contributed by atoms with Crippen molar-refractivity contribution in [2.24, 2.45) is 5.10 Å². The van der Waals surface area contributed by atoms with Gasteiger partial charge in [0.05, 0.1) is 11.2 Å². The third-order valence-corrected chi connectivity index (χ3v) is 4.10. The fourth-order valence-corrected chi connectivity index (χ4v) is 2.15. The van der Waals surface area contributed by atoms with E-state index in [-0.39, 0.29) is 17.2 Å². The van der Waals surface area contributed by atoms with Crippen LogP contribution in [0.3, 0.4) is 0 Å². The molecule has 23 heavy (non-hydrogen) atoms. The lowest BCUT2D eigenvalue weighted by Gasteiger charge is -2.06. The van der Waals surface area contributed by atoms with Crippen molar-refractivity contribution < 1.29 is 13.9 Å². The molecule has 1 amide bonds. The van der Waals surface area contributed by atoms with Crippen LogP contribution in [-0.2, 0) is 4.79 Å². The number of rotatable bonds is 5. The van der Waals surface area contributed by atoms with Gasteiger partial charge in [-0.05, 0) is 42.8 Å². The molecule has 0 radical (unpaired) electrons. The minimum atomic E-state index is -0.517. The van der Waals surface area contributed by atoms with Crippen LogP contribution in [-0.4, -0.2) is 18.7 Å². The van der Waals surface area contributed by atoms with E-state index in [1.54, 1.807) is 12.1 Å². The number of halogens is 3. The molecule has 0 saturated carbocycles. The zero-order valence-electron chi connectivity index (χ0n) is 12.1. The van der Waals surface area contributed by atoms with E-state index < -0.39 is 11.7 Å². The molecule has 0 bridgehead atoms. The van der Waals surface area contributed by atoms with Gasteiger partial charge >= 0.3 is 0 Å². The lowest BCUT2D eigenvalue weighted by Crippen LogP contribution is -2.24. The Balaban J connectivity index is 1.87. The average Bonchev–Trinajstić information content (AvgIpc) is 2.51. The van der Waals surface area contributed by atoms with Crippen LogP contribution >= 0.6 is 27.5 Å². The van der Waals surface area contributed by atoms with Gasteiger partial charge in [-0.3, -0.25) is 4.79 Å². The van der Waals surface area contributed by atoms with Crippen LogP contribution in [0, 0.1) is 12.7 Å². The van der Waals surface area contributed by atoms with Crippen molar-refractivity contribution in [3.05, 3.63) is 62.8 Å². The maximum Gasteiger partial charge on any atom is 0.277 e. The number of amides is 1. The van der Waals surface area contributed by atoms with Gasteiger partial charge in [-0.25, -0.2) is 9.82 Å². The highest BCUT2D eigenvalue weighted by atomic mass is 79.9. The first-order chi connectivity index (χ1) is 11.0. The number of ether oxygens (including phenoxy) is 1. The van der Waals surface area contributed by atoms with Gasteiger partial charge in [-0.15, -0.1) is 0 Å². The SMILES string of the molecule is Cc1cc(OCC(=O)N/N=C/c2c(F)cccc2Cl)ccc1Br. The average molecular weight is 400 g/mol. The number of nitrogens with zero attached hydrogens (tertiary/aromatic N) is 1. The number of nitrogens with one attached hydrogen (secondary N) is 1. The van der Waals surface area contributed by atoms with E-state index >= 15 is 0 Å². The summed E-state index contributed by atoms with van der Waals surface area (Å²) >= 11 is 9.22. The van der Waals surface area contributed by atoms with Gasteiger partial charge < -0.3 is 4.74 Å². The van der Waals surface area contributed by atoms with Crippen molar-refractivity contribution in [1.29, 1.82) is 0 Å². The lowest BCUT2D eigenvalue weighted by atomic mass is 10.2. The van der Waals surface area contributed by atoms with E-state index in [1.165, 1.54) is 18.2 Å². The topological polar surface area (TPSA) is 50.7 Å². The summed E-state index contributed by atoms with van der Waals surface area (Å²) in [5, 5.41) is 3.88. The molecular weight excluding hydrogens is 387 g/mol. The fourth-order valence-electron chi connectivity index (χ4n) is 1.69. The predicted octanol–water partition coefficient (Wildman–Crippen LogP) is 4.08. The van der Waals surface area contributed by atoms with Crippen molar-refractivity contribution in [3.8, 4) is 5.75 Å². The number of hydrogen-bond donors (Lipinski definition) is 1. The molecular formula is C16H13BrClFN2O2. The maximum atomic E-state index is 13.5. The summed E-state index contributed by atoms with van der Waals surface area (Å²) < 4.78 is 19.8. The van der Waals surface area contributed by atoms with Gasteiger partial charge in [0.25, 0.3) is 5.91 Å². The standard InChI is InChI=1S/C16H13BrClFN2O2/c1-10-7-11(5-6-13(10)17)23-9-16(22)21-20-8-12-14(18)3-2-4-15(12)19/h2-8H,9H2,1H3,(H,21,22)/b20-8+. The molecule has 0 spiro atoms. The molecule has 2 aromatic carbocycles. The second-order valence-corrected chi connectivity index (χ2v) is 5.89. The number of benzene rings is 2. The van der Waals surface area contributed by atoms with E-state index in [9.17, 15) is 9.18 Å². The fraction of sp³-hybridized carbons (Fsp3) is 0.125. The predicted molar refractivity (Wildman–Crippen MR) is 91.5 cm³/mol. The number of aryl methyl sites for hydroxylation is 1. The first-order valence-electron chi connectivity index (χ1n) is 6.62. The molecule has 0 aliphatic carbocycles. The summed E-state index contributed by atoms with van der Waals surface area (Å²) in [4.78, 5) is 11.6. The van der Waals surface area contributed by atoms with Crippen LogP contribution in [0.5, 0.6) is 5.75 Å². The Kier molecular flexibility index (Phi) is 6.12. The summed E-state index contributed by atoms with van der Waals surface area (Å²) in [7, 11) is 0. The van der Waals surface area contributed by atoms with Gasteiger partial charge in [-0.1, -0.05) is 33.6 Å². The number of hydrazone groups is 1. The van der Waals surface area contributed by atoms with Crippen LogP contribution in [0.4, 0.5) is 4.39 Å². The Labute approximate surface area is 146 Å². The molecule has 1 N–H and O–H groups in total. The first-order valence-corrected chi connectivity index (χ1v) is 7.79. The van der Waals surface area contributed by atoms with Crippen molar-refractivity contribution in [2.45, 2.75) is 6.92 Å². The van der Waals surface area contributed by atoms with Crippen LogP contribution < -0.4 is 10.2 Å². The Bertz CT molecular complexity index is 733. The van der Waals surface area contributed by atoms with E-state index in [0.29, 0.717) is 5.75 Å². The van der Waals surface area contributed by atoms with Gasteiger partial charge in [0.1, 0.15) is 11.6 Å². The second-order valence-electron chi connectivity index (χ2n) is 4.63. The summed E-state index contributed by atoms with van der Waals surface area (Å²) in [6, 6.07) is 9.66. The molecule has 0 heterocycles. The third-order valence-electron chi connectivity index (χ3n) is 2.88. The molecule has 0 aromatic heterocycles. The minimum absolute atomic E-state index is 0.110. The largest absolute Gasteiger partial charge is 0.484 e. The summed E-state index contributed by atoms with van der Waals surface area (Å²) in [5.41, 5.74) is 3.36. The molecule has 120 valence electrons. The molecule has 0 saturated heterocycles. The van der Waals surface area contributed by atoms with Crippen LogP contribution in [0.1, 0.15) is 11.1 Å². The molecule has 0 atom stereocenters. The van der Waals surface area contributed by atoms with Crippen LogP contribution in [0.2, 0.25) is 5.02 Å². The number of hydrogen-bond acceptors (Lipinski definition) is 3. The van der Waals surface area contributed by atoms with Gasteiger partial charge in [0, 0.05) is 10.0 Å². The monoisotopic (exact) mass is 398 g/mol. The molecule has 2 rings (SSSR count). The Morgan fingerprint density at radius 1 is 1.43 bits per heavy atom. The van der Waals surface area contributed by atoms with E-state index in [1.807, 2.05) is 13.0 Å². The smallest absolute Gasteiger partial charge is 0.277 e. The van der Waals surface area contributed by atoms with E-state index in [2.05, 4.69) is 26.5 Å². The number of carbonyl (C=O) groups is 1. The second kappa shape index (κ2) is 8.08. The molecule has 7 heteroatoms. The van der Waals surface area contributed by atoms with Gasteiger partial charge in [0.2, 0.25) is 0 Å². The summed E-state index contributed by atoms with van der Waals surface area (Å²) in [6.45, 7) is 1.71. The Morgan fingerprint density at radius 3 is 2.91 bits per heavy atom. The molecule has 0 unspecified atom stereocenters. The highest BCUT2D eigenvalue weighted by Gasteiger charge is 2.05.